The zero-order chi connectivity index (χ0) is 21.1. The number of nitrogens with zero attached hydrogens (tertiary/aromatic N) is 4. The van der Waals surface area contributed by atoms with Crippen LogP contribution in [0.4, 0.5) is 11.4 Å². The number of hydrogen-bond donors (Lipinski definition) is 1. The molecule has 0 radical (unpaired) electrons. The predicted molar refractivity (Wildman–Crippen MR) is 114 cm³/mol. The molecule has 1 N–H and O–H groups in total. The van der Waals surface area contributed by atoms with Crippen molar-refractivity contribution in [1.29, 1.82) is 0 Å². The van der Waals surface area contributed by atoms with Gasteiger partial charge in [0.2, 0.25) is 0 Å². The molecule has 8 heteroatoms. The molecule has 8 nitrogen and oxygen atoms in total. The molecule has 30 heavy (non-hydrogen) atoms. The number of nitrogens with one attached hydrogen (secondary N) is 1. The number of carbonyl (C=O) groups is 1. The Morgan fingerprint density at radius 3 is 2.63 bits per heavy atom. The summed E-state index contributed by atoms with van der Waals surface area (Å²) in [6.07, 6.45) is 3.77. The van der Waals surface area contributed by atoms with Crippen molar-refractivity contribution in [2.75, 3.05) is 18.4 Å². The Balaban J connectivity index is 1.58. The van der Waals surface area contributed by atoms with E-state index in [0.29, 0.717) is 25.3 Å². The van der Waals surface area contributed by atoms with Crippen LogP contribution in [-0.2, 0) is 6.54 Å². The van der Waals surface area contributed by atoms with E-state index in [0.717, 1.165) is 29.8 Å². The molecule has 2 heterocycles. The number of aryl methyl sites for hydroxylation is 1. The summed E-state index contributed by atoms with van der Waals surface area (Å²) in [4.78, 5) is 25.4. The van der Waals surface area contributed by atoms with Crippen LogP contribution in [0.25, 0.3) is 5.69 Å². The zero-order valence-corrected chi connectivity index (χ0v) is 16.7. The molecule has 1 fully saturated rings. The summed E-state index contributed by atoms with van der Waals surface area (Å²) < 4.78 is 1.82. The average molecular weight is 405 g/mol. The van der Waals surface area contributed by atoms with E-state index in [1.807, 2.05) is 48.1 Å². The SMILES string of the molecule is Cc1ccn(-c2ccccc2CNc2ccc([N+](=O)[O-])c(C(=O)N3CCCC3)c2)n1. The standard InChI is InChI=1S/C22H23N5O3/c1-16-10-13-26(24-16)20-7-3-2-6-17(20)15-23-18-8-9-21(27(29)30)19(14-18)22(28)25-11-4-5-12-25/h2-3,6-10,13-14,23H,4-5,11-12,15H2,1H3. The van der Waals surface area contributed by atoms with Crippen molar-refractivity contribution in [3.05, 3.63) is 81.7 Å². The number of amides is 1. The van der Waals surface area contributed by atoms with Crippen LogP contribution >= 0.6 is 0 Å². The number of likely N-dealkylation sites (tertiary alicyclic amines) is 1. The van der Waals surface area contributed by atoms with Crippen LogP contribution in [0, 0.1) is 17.0 Å². The Morgan fingerprint density at radius 1 is 1.17 bits per heavy atom. The number of nitro groups is 1. The molecule has 1 aliphatic rings. The highest BCUT2D eigenvalue weighted by molar-refractivity contribution is 5.99. The maximum Gasteiger partial charge on any atom is 0.282 e. The maximum absolute atomic E-state index is 12.8. The molecule has 154 valence electrons. The number of hydrogen-bond acceptors (Lipinski definition) is 5. The molecule has 0 atom stereocenters. The van der Waals surface area contributed by atoms with E-state index in [-0.39, 0.29) is 17.2 Å². The lowest BCUT2D eigenvalue weighted by Gasteiger charge is -2.16. The van der Waals surface area contributed by atoms with Crippen LogP contribution < -0.4 is 5.32 Å². The van der Waals surface area contributed by atoms with Gasteiger partial charge in [0.25, 0.3) is 11.6 Å². The number of rotatable bonds is 6. The van der Waals surface area contributed by atoms with E-state index in [4.69, 9.17) is 0 Å². The van der Waals surface area contributed by atoms with Gasteiger partial charge in [-0.05, 0) is 49.6 Å². The minimum absolute atomic E-state index is 0.128. The summed E-state index contributed by atoms with van der Waals surface area (Å²) in [7, 11) is 0. The lowest BCUT2D eigenvalue weighted by atomic mass is 10.1. The summed E-state index contributed by atoms with van der Waals surface area (Å²) in [6, 6.07) is 14.5. The summed E-state index contributed by atoms with van der Waals surface area (Å²) in [5, 5.41) is 19.2. The first-order chi connectivity index (χ1) is 14.5. The van der Waals surface area contributed by atoms with Crippen molar-refractivity contribution >= 4 is 17.3 Å². The molecule has 4 rings (SSSR count). The summed E-state index contributed by atoms with van der Waals surface area (Å²) >= 11 is 0. The summed E-state index contributed by atoms with van der Waals surface area (Å²) in [6.45, 7) is 3.71. The largest absolute Gasteiger partial charge is 0.381 e. The third kappa shape index (κ3) is 4.03. The molecule has 1 aliphatic heterocycles. The molecule has 0 unspecified atom stereocenters. The van der Waals surface area contributed by atoms with Gasteiger partial charge in [0, 0.05) is 37.6 Å². The molecule has 2 aromatic carbocycles. The Hall–Kier alpha value is -3.68. The smallest absolute Gasteiger partial charge is 0.282 e. The second kappa shape index (κ2) is 8.36. The van der Waals surface area contributed by atoms with E-state index < -0.39 is 4.92 Å². The quantitative estimate of drug-likeness (QED) is 0.495. The van der Waals surface area contributed by atoms with Crippen LogP contribution in [-0.4, -0.2) is 38.6 Å². The van der Waals surface area contributed by atoms with E-state index in [1.165, 1.54) is 6.07 Å². The van der Waals surface area contributed by atoms with Gasteiger partial charge in [-0.1, -0.05) is 18.2 Å². The van der Waals surface area contributed by atoms with Gasteiger partial charge in [-0.25, -0.2) is 4.68 Å². The molecular formula is C22H23N5O3. The highest BCUT2D eigenvalue weighted by atomic mass is 16.6. The van der Waals surface area contributed by atoms with E-state index in [1.54, 1.807) is 17.0 Å². The highest BCUT2D eigenvalue weighted by Crippen LogP contribution is 2.26. The number of nitro benzene ring substituents is 1. The predicted octanol–water partition coefficient (Wildman–Crippen LogP) is 3.94. The van der Waals surface area contributed by atoms with Crippen molar-refractivity contribution in [3.8, 4) is 5.69 Å². The van der Waals surface area contributed by atoms with Crippen molar-refractivity contribution in [2.45, 2.75) is 26.3 Å². The molecule has 0 aliphatic carbocycles. The lowest BCUT2D eigenvalue weighted by molar-refractivity contribution is -0.385. The topological polar surface area (TPSA) is 93.3 Å². The van der Waals surface area contributed by atoms with Gasteiger partial charge < -0.3 is 10.2 Å². The second-order valence-electron chi connectivity index (χ2n) is 7.37. The van der Waals surface area contributed by atoms with Gasteiger partial charge in [-0.3, -0.25) is 14.9 Å². The van der Waals surface area contributed by atoms with Gasteiger partial charge in [0.1, 0.15) is 5.56 Å². The van der Waals surface area contributed by atoms with Crippen molar-refractivity contribution in [1.82, 2.24) is 14.7 Å². The maximum atomic E-state index is 12.8. The normalized spacial score (nSPS) is 13.4. The summed E-state index contributed by atoms with van der Waals surface area (Å²) in [5.74, 6) is -0.282. The fourth-order valence-electron chi connectivity index (χ4n) is 3.70. The second-order valence-corrected chi connectivity index (χ2v) is 7.37. The number of anilines is 1. The Labute approximate surface area is 174 Å². The third-order valence-corrected chi connectivity index (χ3v) is 5.26. The number of benzene rings is 2. The van der Waals surface area contributed by atoms with Crippen LogP contribution in [0.15, 0.2) is 54.7 Å². The number of aromatic nitrogens is 2. The first kappa shape index (κ1) is 19.6. The van der Waals surface area contributed by atoms with Crippen LogP contribution in [0.5, 0.6) is 0 Å². The van der Waals surface area contributed by atoms with E-state index in [9.17, 15) is 14.9 Å². The molecule has 0 spiro atoms. The van der Waals surface area contributed by atoms with Crippen LogP contribution in [0.2, 0.25) is 0 Å². The Kier molecular flexibility index (Phi) is 5.47. The molecule has 3 aromatic rings. The van der Waals surface area contributed by atoms with Crippen molar-refractivity contribution < 1.29 is 9.72 Å². The highest BCUT2D eigenvalue weighted by Gasteiger charge is 2.27. The molecular weight excluding hydrogens is 382 g/mol. The van der Waals surface area contributed by atoms with Crippen molar-refractivity contribution in [3.63, 3.8) is 0 Å². The first-order valence-corrected chi connectivity index (χ1v) is 9.95. The van der Waals surface area contributed by atoms with Crippen LogP contribution in [0.1, 0.15) is 34.5 Å². The molecule has 1 amide bonds. The van der Waals surface area contributed by atoms with Gasteiger partial charge >= 0.3 is 0 Å². The average Bonchev–Trinajstić information content (AvgIpc) is 3.43. The molecule has 0 bridgehead atoms. The molecule has 1 aromatic heterocycles. The fraction of sp³-hybridized carbons (Fsp3) is 0.273. The fourth-order valence-corrected chi connectivity index (χ4v) is 3.70. The third-order valence-electron chi connectivity index (χ3n) is 5.26. The van der Waals surface area contributed by atoms with E-state index >= 15 is 0 Å². The monoisotopic (exact) mass is 405 g/mol. The molecule has 0 saturated carbocycles. The minimum atomic E-state index is -0.498. The molecule has 1 saturated heterocycles. The Morgan fingerprint density at radius 2 is 1.93 bits per heavy atom. The van der Waals surface area contributed by atoms with Gasteiger partial charge in [-0.2, -0.15) is 5.10 Å². The summed E-state index contributed by atoms with van der Waals surface area (Å²) in [5.41, 5.74) is 3.53. The lowest BCUT2D eigenvalue weighted by Crippen LogP contribution is -2.28. The first-order valence-electron chi connectivity index (χ1n) is 9.95. The minimum Gasteiger partial charge on any atom is -0.381 e. The van der Waals surface area contributed by atoms with Gasteiger partial charge in [0.05, 0.1) is 16.3 Å². The zero-order valence-electron chi connectivity index (χ0n) is 16.7. The van der Waals surface area contributed by atoms with Crippen molar-refractivity contribution in [2.24, 2.45) is 0 Å². The van der Waals surface area contributed by atoms with Crippen LogP contribution in [0.3, 0.4) is 0 Å². The number of para-hydroxylation sites is 1. The van der Waals surface area contributed by atoms with Gasteiger partial charge in [0.15, 0.2) is 0 Å². The van der Waals surface area contributed by atoms with Gasteiger partial charge in [-0.15, -0.1) is 0 Å². The Bertz CT molecular complexity index is 1090. The number of carbonyl (C=O) groups excluding carboxylic acids is 1. The van der Waals surface area contributed by atoms with E-state index in [2.05, 4.69) is 10.4 Å².